The first-order valence-electron chi connectivity index (χ1n) is 8.86. The van der Waals surface area contributed by atoms with Crippen molar-refractivity contribution in [2.24, 2.45) is 0 Å². The second-order valence-electron chi connectivity index (χ2n) is 6.17. The van der Waals surface area contributed by atoms with E-state index < -0.39 is 28.7 Å². The predicted octanol–water partition coefficient (Wildman–Crippen LogP) is 9.35. The zero-order valence-electron chi connectivity index (χ0n) is 15.9. The Labute approximate surface area is 191 Å². The summed E-state index contributed by atoms with van der Waals surface area (Å²) in [5.74, 6) is -11.4. The molecule has 0 spiro atoms. The van der Waals surface area contributed by atoms with Crippen LogP contribution in [0.1, 0.15) is 4.88 Å². The maximum atomic E-state index is 15.2. The predicted molar refractivity (Wildman–Crippen MR) is 116 cm³/mol. The summed E-state index contributed by atoms with van der Waals surface area (Å²) in [6.45, 7) is 0. The molecule has 0 radical (unpaired) electrons. The van der Waals surface area contributed by atoms with Crippen LogP contribution in [-0.2, 0) is 0 Å². The highest BCUT2D eigenvalue weighted by Crippen LogP contribution is 2.51. The number of thioether (sulfide) groups is 2. The lowest BCUT2D eigenvalue weighted by atomic mass is 10.2. The van der Waals surface area contributed by atoms with Gasteiger partial charge in [-0.05, 0) is 35.7 Å². The Morgan fingerprint density at radius 1 is 0.688 bits per heavy atom. The van der Waals surface area contributed by atoms with Crippen molar-refractivity contribution in [3.05, 3.63) is 99.6 Å². The number of rotatable bonds is 7. The molecule has 0 nitrogen and oxygen atoms in total. The number of allylic oxidation sites excluding steroid dienone is 2. The molecule has 10 heteroatoms. The molecule has 3 aromatic rings. The molecule has 0 bridgehead atoms. The second-order valence-corrected chi connectivity index (χ2v) is 9.28. The fraction of sp³-hybridized carbons (Fsp3) is 0.0909. The van der Waals surface area contributed by atoms with Crippen LogP contribution in [0.2, 0.25) is 0 Å². The van der Waals surface area contributed by atoms with Crippen molar-refractivity contribution < 1.29 is 30.7 Å². The van der Waals surface area contributed by atoms with E-state index in [1.165, 1.54) is 12.1 Å². The van der Waals surface area contributed by atoms with Gasteiger partial charge in [-0.15, -0.1) is 11.3 Å². The molecule has 3 rings (SSSR count). The molecule has 0 saturated carbocycles. The standard InChI is InChI=1S/C22H13F7S3/c23-17(20(24)21(25,26)22(27,28)29)19(32-15-10-5-2-6-11-15)18(16-12-7-13-30-16)31-14-8-3-1-4-9-14/h1-13H/b19-18-,20-17+. The van der Waals surface area contributed by atoms with Crippen molar-refractivity contribution in [2.75, 3.05) is 0 Å². The van der Waals surface area contributed by atoms with Crippen LogP contribution in [0.3, 0.4) is 0 Å². The number of halogens is 7. The third-order valence-electron chi connectivity index (χ3n) is 3.90. The van der Waals surface area contributed by atoms with Crippen LogP contribution >= 0.6 is 34.9 Å². The maximum absolute atomic E-state index is 15.2. The van der Waals surface area contributed by atoms with E-state index in [0.717, 1.165) is 23.1 Å². The highest BCUT2D eigenvalue weighted by atomic mass is 32.2. The summed E-state index contributed by atoms with van der Waals surface area (Å²) in [6.07, 6.45) is -6.29. The van der Waals surface area contributed by atoms with Crippen molar-refractivity contribution in [1.29, 1.82) is 0 Å². The van der Waals surface area contributed by atoms with Crippen LogP contribution in [0.5, 0.6) is 0 Å². The van der Waals surface area contributed by atoms with Crippen LogP contribution in [0.25, 0.3) is 4.91 Å². The Kier molecular flexibility index (Phi) is 7.79. The largest absolute Gasteiger partial charge is 0.460 e. The fourth-order valence-corrected chi connectivity index (χ4v) is 5.43. The summed E-state index contributed by atoms with van der Waals surface area (Å²) in [5.41, 5.74) is 0. The van der Waals surface area contributed by atoms with Crippen LogP contribution in [-0.4, -0.2) is 12.1 Å². The van der Waals surface area contributed by atoms with E-state index in [0.29, 0.717) is 26.4 Å². The molecule has 0 aliphatic rings. The van der Waals surface area contributed by atoms with Gasteiger partial charge in [0.05, 0.1) is 4.91 Å². The van der Waals surface area contributed by atoms with E-state index in [-0.39, 0.29) is 4.91 Å². The van der Waals surface area contributed by atoms with Gasteiger partial charge in [-0.1, -0.05) is 66.0 Å². The van der Waals surface area contributed by atoms with Gasteiger partial charge in [0, 0.05) is 19.6 Å². The van der Waals surface area contributed by atoms with E-state index >= 15 is 4.39 Å². The molecule has 0 aliphatic carbocycles. The van der Waals surface area contributed by atoms with Crippen molar-refractivity contribution >= 4 is 39.8 Å². The van der Waals surface area contributed by atoms with E-state index in [4.69, 9.17) is 0 Å². The van der Waals surface area contributed by atoms with Gasteiger partial charge in [-0.3, -0.25) is 0 Å². The lowest BCUT2D eigenvalue weighted by Gasteiger charge is -2.20. The van der Waals surface area contributed by atoms with Gasteiger partial charge in [-0.2, -0.15) is 22.0 Å². The Bertz CT molecular complexity index is 1090. The number of alkyl halides is 5. The fourth-order valence-electron chi connectivity index (χ4n) is 2.38. The van der Waals surface area contributed by atoms with Gasteiger partial charge in [0.1, 0.15) is 0 Å². The smallest absolute Gasteiger partial charge is 0.203 e. The third-order valence-corrected chi connectivity index (χ3v) is 7.28. The summed E-state index contributed by atoms with van der Waals surface area (Å²) in [5, 5.41) is 1.63. The van der Waals surface area contributed by atoms with Crippen LogP contribution < -0.4 is 0 Å². The van der Waals surface area contributed by atoms with Gasteiger partial charge < -0.3 is 0 Å². The minimum atomic E-state index is -6.29. The minimum Gasteiger partial charge on any atom is -0.203 e. The zero-order valence-corrected chi connectivity index (χ0v) is 18.3. The van der Waals surface area contributed by atoms with Crippen molar-refractivity contribution in [3.8, 4) is 0 Å². The Morgan fingerprint density at radius 3 is 1.69 bits per heavy atom. The summed E-state index contributed by atoms with van der Waals surface area (Å²) in [4.78, 5) is 0.636. The highest BCUT2D eigenvalue weighted by molar-refractivity contribution is 8.11. The van der Waals surface area contributed by atoms with Gasteiger partial charge in [0.2, 0.25) is 5.83 Å². The lowest BCUT2D eigenvalue weighted by molar-refractivity contribution is -0.271. The summed E-state index contributed by atoms with van der Waals surface area (Å²) < 4.78 is 95.1. The Hall–Kier alpha value is -2.17. The number of benzene rings is 2. The maximum Gasteiger partial charge on any atom is 0.460 e. The zero-order chi connectivity index (χ0) is 23.4. The molecule has 0 N–H and O–H groups in total. The van der Waals surface area contributed by atoms with Gasteiger partial charge >= 0.3 is 12.1 Å². The summed E-state index contributed by atoms with van der Waals surface area (Å²) in [7, 11) is 0. The molecular formula is C22H13F7S3. The number of hydrogen-bond acceptors (Lipinski definition) is 3. The molecular weight excluding hydrogens is 493 g/mol. The average molecular weight is 507 g/mol. The van der Waals surface area contributed by atoms with Crippen molar-refractivity contribution in [3.63, 3.8) is 0 Å². The van der Waals surface area contributed by atoms with Crippen LogP contribution in [0.15, 0.2) is 105 Å². The first-order valence-corrected chi connectivity index (χ1v) is 11.4. The van der Waals surface area contributed by atoms with Gasteiger partial charge in [-0.25, -0.2) is 8.78 Å². The summed E-state index contributed by atoms with van der Waals surface area (Å²) >= 11 is 2.63. The second kappa shape index (κ2) is 10.2. The molecule has 0 aliphatic heterocycles. The normalized spacial score (nSPS) is 14.1. The first-order chi connectivity index (χ1) is 15.1. The molecule has 1 heterocycles. The van der Waals surface area contributed by atoms with E-state index in [2.05, 4.69) is 0 Å². The van der Waals surface area contributed by atoms with E-state index in [1.54, 1.807) is 66.0 Å². The monoisotopic (exact) mass is 506 g/mol. The quantitative estimate of drug-likeness (QED) is 0.178. The van der Waals surface area contributed by atoms with Crippen molar-refractivity contribution in [2.45, 2.75) is 21.9 Å². The Morgan fingerprint density at radius 2 is 1.22 bits per heavy atom. The molecule has 0 saturated heterocycles. The Balaban J connectivity index is 2.25. The van der Waals surface area contributed by atoms with E-state index in [1.807, 2.05) is 0 Å². The lowest BCUT2D eigenvalue weighted by Crippen LogP contribution is -2.37. The topological polar surface area (TPSA) is 0 Å². The molecule has 0 atom stereocenters. The minimum absolute atomic E-state index is 0.0191. The van der Waals surface area contributed by atoms with Gasteiger partial charge in [0.25, 0.3) is 0 Å². The molecule has 0 amide bonds. The average Bonchev–Trinajstić information content (AvgIpc) is 3.30. The summed E-state index contributed by atoms with van der Waals surface area (Å²) in [6, 6.07) is 19.4. The number of hydrogen-bond donors (Lipinski definition) is 0. The van der Waals surface area contributed by atoms with E-state index in [9.17, 15) is 26.3 Å². The molecule has 1 aromatic heterocycles. The third kappa shape index (κ3) is 5.60. The highest BCUT2D eigenvalue weighted by Gasteiger charge is 2.62. The van der Waals surface area contributed by atoms with Gasteiger partial charge in [0.15, 0.2) is 5.83 Å². The molecule has 32 heavy (non-hydrogen) atoms. The number of thiophene rings is 1. The van der Waals surface area contributed by atoms with Crippen LogP contribution in [0, 0.1) is 0 Å². The first kappa shape index (κ1) is 24.5. The molecule has 168 valence electrons. The van der Waals surface area contributed by atoms with Crippen LogP contribution in [0.4, 0.5) is 30.7 Å². The van der Waals surface area contributed by atoms with Crippen molar-refractivity contribution in [1.82, 2.24) is 0 Å². The SMILES string of the molecule is FC(/C(Sc1ccccc1)=C(/Sc1ccccc1)c1cccs1)=C(/F)C(F)(F)C(F)(F)F. The molecule has 2 aromatic carbocycles. The molecule has 0 unspecified atom stereocenters. The molecule has 0 fully saturated rings.